The maximum atomic E-state index is 6.21. The molecule has 6 aliphatic rings. The molecule has 0 N–H and O–H groups in total. The van der Waals surface area contributed by atoms with Crippen LogP contribution in [0.1, 0.15) is 49.7 Å². The number of aryl methyl sites for hydroxylation is 1. The van der Waals surface area contributed by atoms with Crippen LogP contribution in [0.15, 0.2) is 12.1 Å². The smallest absolute Gasteiger partial charge is 0.164 e. The number of hydrogen-bond donors (Lipinski definition) is 0. The van der Waals surface area contributed by atoms with Crippen LogP contribution in [-0.2, 0) is 14.9 Å². The van der Waals surface area contributed by atoms with Gasteiger partial charge in [0, 0.05) is 0 Å². The molecule has 1 aromatic carbocycles. The van der Waals surface area contributed by atoms with Crippen LogP contribution in [0.4, 0.5) is 0 Å². The van der Waals surface area contributed by atoms with Crippen molar-refractivity contribution in [3.8, 4) is 11.5 Å². The lowest BCUT2D eigenvalue weighted by Crippen LogP contribution is -2.48. The average Bonchev–Trinajstić information content (AvgIpc) is 3.52. The van der Waals surface area contributed by atoms with Crippen molar-refractivity contribution >= 4 is 0 Å². The minimum atomic E-state index is 0.256. The predicted molar refractivity (Wildman–Crippen MR) is 101 cm³/mol. The van der Waals surface area contributed by atoms with Gasteiger partial charge in [-0.25, -0.2) is 0 Å². The van der Waals surface area contributed by atoms with Gasteiger partial charge in [-0.2, -0.15) is 0 Å². The van der Waals surface area contributed by atoms with E-state index in [9.17, 15) is 0 Å². The van der Waals surface area contributed by atoms with Crippen molar-refractivity contribution in [3.05, 3.63) is 23.3 Å². The molecule has 2 aliphatic heterocycles. The lowest BCUT2D eigenvalue weighted by Gasteiger charge is -2.57. The second-order valence-corrected chi connectivity index (χ2v) is 9.85. The third kappa shape index (κ3) is 3.15. The molecule has 0 radical (unpaired) electrons. The Balaban J connectivity index is 1.33. The molecular weight excluding hydrogens is 340 g/mol. The van der Waals surface area contributed by atoms with E-state index in [-0.39, 0.29) is 12.2 Å². The summed E-state index contributed by atoms with van der Waals surface area (Å²) in [5.41, 5.74) is 3.09. The zero-order valence-electron chi connectivity index (χ0n) is 16.2. The number of epoxide rings is 2. The average molecular weight is 370 g/mol. The molecule has 2 atom stereocenters. The van der Waals surface area contributed by atoms with Gasteiger partial charge in [0.05, 0.1) is 13.2 Å². The van der Waals surface area contributed by atoms with Crippen LogP contribution >= 0.6 is 0 Å². The first-order chi connectivity index (χ1) is 13.2. The van der Waals surface area contributed by atoms with Gasteiger partial charge in [0.2, 0.25) is 0 Å². The Morgan fingerprint density at radius 3 is 2.00 bits per heavy atom. The summed E-state index contributed by atoms with van der Waals surface area (Å²) in [6.07, 6.45) is 9.06. The van der Waals surface area contributed by atoms with Crippen LogP contribution in [0.2, 0.25) is 0 Å². The summed E-state index contributed by atoms with van der Waals surface area (Å²) in [5, 5.41) is 0. The van der Waals surface area contributed by atoms with E-state index in [1.54, 1.807) is 0 Å². The van der Waals surface area contributed by atoms with Gasteiger partial charge in [-0.1, -0.05) is 6.07 Å². The monoisotopic (exact) mass is 370 g/mol. The van der Waals surface area contributed by atoms with Crippen molar-refractivity contribution in [2.75, 3.05) is 26.4 Å². The molecule has 1 aromatic rings. The van der Waals surface area contributed by atoms with E-state index < -0.39 is 0 Å². The zero-order chi connectivity index (χ0) is 18.0. The number of hydrogen-bond acceptors (Lipinski definition) is 4. The van der Waals surface area contributed by atoms with Gasteiger partial charge in [-0.05, 0) is 85.8 Å². The van der Waals surface area contributed by atoms with E-state index in [4.69, 9.17) is 18.9 Å². The first-order valence-electron chi connectivity index (χ1n) is 10.8. The molecule has 2 unspecified atom stereocenters. The van der Waals surface area contributed by atoms with E-state index in [1.165, 1.54) is 49.7 Å². The Bertz CT molecular complexity index is 699. The molecule has 0 aromatic heterocycles. The minimum Gasteiger partial charge on any atom is -0.487 e. The molecule has 7 rings (SSSR count). The third-order valence-corrected chi connectivity index (χ3v) is 7.53. The van der Waals surface area contributed by atoms with Gasteiger partial charge in [0.15, 0.2) is 11.5 Å². The Labute approximate surface area is 161 Å². The van der Waals surface area contributed by atoms with Gasteiger partial charge >= 0.3 is 0 Å². The zero-order valence-corrected chi connectivity index (χ0v) is 16.2. The normalized spacial score (nSPS) is 40.9. The lowest BCUT2D eigenvalue weighted by molar-refractivity contribution is -0.00535. The van der Waals surface area contributed by atoms with Crippen molar-refractivity contribution < 1.29 is 18.9 Å². The molecule has 4 heteroatoms. The topological polar surface area (TPSA) is 43.5 Å². The van der Waals surface area contributed by atoms with Crippen LogP contribution in [0.25, 0.3) is 0 Å². The van der Waals surface area contributed by atoms with Gasteiger partial charge in [-0.3, -0.25) is 0 Å². The van der Waals surface area contributed by atoms with Gasteiger partial charge < -0.3 is 18.9 Å². The molecule has 6 fully saturated rings. The maximum Gasteiger partial charge on any atom is 0.164 e. The predicted octanol–water partition coefficient (Wildman–Crippen LogP) is 4.02. The molecule has 27 heavy (non-hydrogen) atoms. The molecule has 4 saturated carbocycles. The molecule has 4 nitrogen and oxygen atoms in total. The Hall–Kier alpha value is -1.26. The fraction of sp³-hybridized carbons (Fsp3) is 0.739. The highest BCUT2D eigenvalue weighted by atomic mass is 16.6. The number of rotatable bonds is 7. The first kappa shape index (κ1) is 16.7. The Morgan fingerprint density at radius 2 is 1.44 bits per heavy atom. The van der Waals surface area contributed by atoms with Crippen molar-refractivity contribution in [1.29, 1.82) is 0 Å². The van der Waals surface area contributed by atoms with E-state index >= 15 is 0 Å². The maximum absolute atomic E-state index is 6.21. The van der Waals surface area contributed by atoms with Crippen LogP contribution in [0.3, 0.4) is 0 Å². The third-order valence-electron chi connectivity index (χ3n) is 7.53. The first-order valence-corrected chi connectivity index (χ1v) is 10.8. The largest absolute Gasteiger partial charge is 0.487 e. The molecule has 0 spiro atoms. The van der Waals surface area contributed by atoms with Crippen LogP contribution < -0.4 is 9.47 Å². The second kappa shape index (κ2) is 6.12. The van der Waals surface area contributed by atoms with Crippen LogP contribution in [0.5, 0.6) is 11.5 Å². The standard InChI is InChI=1S/C23H30O4/c1-14-2-18(23-7-15-3-16(8-23)5-17(4-15)9-23)6-21(26-12-19-10-24-19)22(14)27-13-20-11-25-20/h2,6,15-17,19-20H,3-5,7-13H2,1H3. The summed E-state index contributed by atoms with van der Waals surface area (Å²) in [6.45, 7) is 5.05. The highest BCUT2D eigenvalue weighted by molar-refractivity contribution is 5.51. The summed E-state index contributed by atoms with van der Waals surface area (Å²) in [5.74, 6) is 4.66. The quantitative estimate of drug-likeness (QED) is 0.680. The van der Waals surface area contributed by atoms with E-state index in [2.05, 4.69) is 19.1 Å². The molecular formula is C23H30O4. The molecule has 2 heterocycles. The molecule has 4 bridgehead atoms. The summed E-state index contributed by atoms with van der Waals surface area (Å²) in [4.78, 5) is 0. The summed E-state index contributed by atoms with van der Waals surface area (Å²) >= 11 is 0. The molecule has 0 amide bonds. The summed E-state index contributed by atoms with van der Waals surface area (Å²) in [7, 11) is 0. The molecule has 2 saturated heterocycles. The second-order valence-electron chi connectivity index (χ2n) is 9.85. The molecule has 146 valence electrons. The summed E-state index contributed by atoms with van der Waals surface area (Å²) in [6, 6.07) is 4.71. The summed E-state index contributed by atoms with van der Waals surface area (Å²) < 4.78 is 23.0. The number of benzene rings is 1. The van der Waals surface area contributed by atoms with Gasteiger partial charge in [-0.15, -0.1) is 0 Å². The minimum absolute atomic E-state index is 0.256. The van der Waals surface area contributed by atoms with Crippen molar-refractivity contribution in [2.45, 2.75) is 63.1 Å². The van der Waals surface area contributed by atoms with Crippen molar-refractivity contribution in [2.24, 2.45) is 17.8 Å². The van der Waals surface area contributed by atoms with Crippen molar-refractivity contribution in [3.63, 3.8) is 0 Å². The fourth-order valence-electron chi connectivity index (χ4n) is 6.49. The van der Waals surface area contributed by atoms with Crippen LogP contribution in [0, 0.1) is 24.7 Å². The van der Waals surface area contributed by atoms with E-state index in [0.29, 0.717) is 18.6 Å². The SMILES string of the molecule is Cc1cc(C23CC4CC(CC(C4)C2)C3)cc(OCC2CO2)c1OCC1CO1. The van der Waals surface area contributed by atoms with Gasteiger partial charge in [0.1, 0.15) is 25.4 Å². The lowest BCUT2D eigenvalue weighted by atomic mass is 9.48. The highest BCUT2D eigenvalue weighted by Gasteiger charge is 2.51. The van der Waals surface area contributed by atoms with E-state index in [0.717, 1.165) is 42.5 Å². The fourth-order valence-corrected chi connectivity index (χ4v) is 6.49. The van der Waals surface area contributed by atoms with Gasteiger partial charge in [0.25, 0.3) is 0 Å². The Kier molecular flexibility index (Phi) is 3.78. The Morgan fingerprint density at radius 1 is 0.889 bits per heavy atom. The number of ether oxygens (including phenoxy) is 4. The molecule has 4 aliphatic carbocycles. The van der Waals surface area contributed by atoms with E-state index in [1.807, 2.05) is 0 Å². The van der Waals surface area contributed by atoms with Crippen molar-refractivity contribution in [1.82, 2.24) is 0 Å². The highest BCUT2D eigenvalue weighted by Crippen LogP contribution is 2.61. The van der Waals surface area contributed by atoms with Crippen LogP contribution in [-0.4, -0.2) is 38.6 Å².